The summed E-state index contributed by atoms with van der Waals surface area (Å²) in [7, 11) is 1.61. The molecule has 1 heterocycles. The van der Waals surface area contributed by atoms with Gasteiger partial charge in [0.25, 0.3) is 0 Å². The molecule has 1 unspecified atom stereocenters. The van der Waals surface area contributed by atoms with E-state index in [2.05, 4.69) is 15.3 Å². The Morgan fingerprint density at radius 2 is 2.10 bits per heavy atom. The number of phenols is 1. The lowest BCUT2D eigenvalue weighted by molar-refractivity contribution is 0.407. The average molecular weight is 273 g/mol. The van der Waals surface area contributed by atoms with Gasteiger partial charge in [-0.3, -0.25) is 9.97 Å². The molecule has 1 aromatic heterocycles. The van der Waals surface area contributed by atoms with Crippen molar-refractivity contribution in [2.45, 2.75) is 26.4 Å². The van der Waals surface area contributed by atoms with E-state index in [-0.39, 0.29) is 11.8 Å². The van der Waals surface area contributed by atoms with E-state index in [4.69, 9.17) is 4.74 Å². The van der Waals surface area contributed by atoms with E-state index in [1.807, 2.05) is 19.9 Å². The molecule has 0 amide bonds. The minimum Gasteiger partial charge on any atom is -0.508 e. The van der Waals surface area contributed by atoms with Gasteiger partial charge in [0.15, 0.2) is 0 Å². The number of hydrogen-bond acceptors (Lipinski definition) is 5. The van der Waals surface area contributed by atoms with Crippen LogP contribution in [0.25, 0.3) is 0 Å². The maximum atomic E-state index is 9.91. The van der Waals surface area contributed by atoms with Crippen molar-refractivity contribution in [3.63, 3.8) is 0 Å². The Bertz CT molecular complexity index is 570. The van der Waals surface area contributed by atoms with Gasteiger partial charge in [-0.15, -0.1) is 0 Å². The van der Waals surface area contributed by atoms with Crippen LogP contribution in [0.15, 0.2) is 30.6 Å². The highest BCUT2D eigenvalue weighted by Crippen LogP contribution is 2.28. The SMILES string of the molecule is COc1ccc(O)c(C(C)NCc2cnc(C)cn2)c1. The predicted octanol–water partition coefficient (Wildman–Crippen LogP) is 2.35. The Hall–Kier alpha value is -2.14. The fourth-order valence-electron chi connectivity index (χ4n) is 1.88. The molecule has 0 aliphatic heterocycles. The second-order valence-electron chi connectivity index (χ2n) is 4.68. The zero-order valence-electron chi connectivity index (χ0n) is 11.9. The number of benzene rings is 1. The van der Waals surface area contributed by atoms with Gasteiger partial charge in [0, 0.05) is 30.5 Å². The third kappa shape index (κ3) is 3.45. The van der Waals surface area contributed by atoms with Crippen molar-refractivity contribution >= 4 is 0 Å². The molecule has 0 aliphatic rings. The van der Waals surface area contributed by atoms with Crippen LogP contribution in [0.5, 0.6) is 11.5 Å². The summed E-state index contributed by atoms with van der Waals surface area (Å²) in [5, 5.41) is 13.2. The van der Waals surface area contributed by atoms with E-state index >= 15 is 0 Å². The molecule has 0 saturated carbocycles. The molecular weight excluding hydrogens is 254 g/mol. The third-order valence-corrected chi connectivity index (χ3v) is 3.12. The molecule has 0 spiro atoms. The van der Waals surface area contributed by atoms with Gasteiger partial charge in [0.2, 0.25) is 0 Å². The molecule has 2 N–H and O–H groups in total. The normalized spacial score (nSPS) is 12.2. The van der Waals surface area contributed by atoms with Gasteiger partial charge in [-0.1, -0.05) is 0 Å². The van der Waals surface area contributed by atoms with Crippen LogP contribution >= 0.6 is 0 Å². The van der Waals surface area contributed by atoms with E-state index in [0.29, 0.717) is 6.54 Å². The Morgan fingerprint density at radius 1 is 1.30 bits per heavy atom. The minimum absolute atomic E-state index is 0.0202. The molecule has 0 bridgehead atoms. The molecule has 1 aromatic carbocycles. The molecule has 20 heavy (non-hydrogen) atoms. The van der Waals surface area contributed by atoms with Crippen molar-refractivity contribution in [3.05, 3.63) is 47.5 Å². The first-order valence-corrected chi connectivity index (χ1v) is 6.48. The molecular formula is C15H19N3O2. The number of ether oxygens (including phenoxy) is 1. The van der Waals surface area contributed by atoms with Crippen molar-refractivity contribution in [1.29, 1.82) is 0 Å². The first kappa shape index (κ1) is 14.3. The van der Waals surface area contributed by atoms with E-state index in [1.54, 1.807) is 31.6 Å². The average Bonchev–Trinajstić information content (AvgIpc) is 2.47. The second kappa shape index (κ2) is 6.34. The van der Waals surface area contributed by atoms with Crippen molar-refractivity contribution < 1.29 is 9.84 Å². The van der Waals surface area contributed by atoms with Crippen LogP contribution in [-0.2, 0) is 6.54 Å². The monoisotopic (exact) mass is 273 g/mol. The summed E-state index contributed by atoms with van der Waals surface area (Å²) in [5.74, 6) is 0.974. The fourth-order valence-corrected chi connectivity index (χ4v) is 1.88. The van der Waals surface area contributed by atoms with Crippen LogP contribution < -0.4 is 10.1 Å². The summed E-state index contributed by atoms with van der Waals surface area (Å²) in [6, 6.07) is 5.18. The van der Waals surface area contributed by atoms with Crippen LogP contribution in [-0.4, -0.2) is 22.2 Å². The molecule has 1 atom stereocenters. The number of rotatable bonds is 5. The number of aryl methyl sites for hydroxylation is 1. The van der Waals surface area contributed by atoms with Crippen LogP contribution in [0.3, 0.4) is 0 Å². The number of methoxy groups -OCH3 is 1. The summed E-state index contributed by atoms with van der Waals surface area (Å²) in [6.07, 6.45) is 3.49. The molecule has 5 heteroatoms. The maximum absolute atomic E-state index is 9.91. The highest BCUT2D eigenvalue weighted by molar-refractivity contribution is 5.41. The Labute approximate surface area is 118 Å². The van der Waals surface area contributed by atoms with Gasteiger partial charge in [0.1, 0.15) is 11.5 Å². The largest absolute Gasteiger partial charge is 0.508 e. The summed E-state index contributed by atoms with van der Waals surface area (Å²) in [6.45, 7) is 4.47. The zero-order valence-corrected chi connectivity index (χ0v) is 11.9. The highest BCUT2D eigenvalue weighted by atomic mass is 16.5. The first-order valence-electron chi connectivity index (χ1n) is 6.48. The summed E-state index contributed by atoms with van der Waals surface area (Å²) in [4.78, 5) is 8.49. The quantitative estimate of drug-likeness (QED) is 0.875. The second-order valence-corrected chi connectivity index (χ2v) is 4.68. The zero-order chi connectivity index (χ0) is 14.5. The smallest absolute Gasteiger partial charge is 0.120 e. The molecule has 5 nitrogen and oxygen atoms in total. The van der Waals surface area contributed by atoms with Gasteiger partial charge < -0.3 is 15.2 Å². The van der Waals surface area contributed by atoms with Gasteiger partial charge in [0.05, 0.1) is 18.5 Å². The van der Waals surface area contributed by atoms with Crippen LogP contribution in [0.4, 0.5) is 0 Å². The molecule has 2 aromatic rings. The lowest BCUT2D eigenvalue weighted by atomic mass is 10.1. The first-order chi connectivity index (χ1) is 9.60. The fraction of sp³-hybridized carbons (Fsp3) is 0.333. The van der Waals surface area contributed by atoms with E-state index in [9.17, 15) is 5.11 Å². The van der Waals surface area contributed by atoms with E-state index in [1.165, 1.54) is 0 Å². The van der Waals surface area contributed by atoms with Crippen molar-refractivity contribution in [1.82, 2.24) is 15.3 Å². The molecule has 106 valence electrons. The number of nitrogens with zero attached hydrogens (tertiary/aromatic N) is 2. The van der Waals surface area contributed by atoms with Crippen molar-refractivity contribution in [2.24, 2.45) is 0 Å². The van der Waals surface area contributed by atoms with Crippen LogP contribution in [0.1, 0.15) is 29.9 Å². The van der Waals surface area contributed by atoms with Crippen LogP contribution in [0, 0.1) is 6.92 Å². The van der Waals surface area contributed by atoms with Gasteiger partial charge >= 0.3 is 0 Å². The minimum atomic E-state index is -0.0202. The molecule has 0 fully saturated rings. The lowest BCUT2D eigenvalue weighted by Gasteiger charge is -2.16. The Morgan fingerprint density at radius 3 is 2.75 bits per heavy atom. The standard InChI is InChI=1S/C15H19N3O2/c1-10-7-18-12(8-16-10)9-17-11(2)14-6-13(20-3)4-5-15(14)19/h4-8,11,17,19H,9H2,1-3H3. The predicted molar refractivity (Wildman–Crippen MR) is 76.7 cm³/mol. The Balaban J connectivity index is 2.04. The van der Waals surface area contributed by atoms with Crippen molar-refractivity contribution in [3.8, 4) is 11.5 Å². The number of aromatic nitrogens is 2. The maximum Gasteiger partial charge on any atom is 0.120 e. The Kier molecular flexibility index (Phi) is 4.53. The van der Waals surface area contributed by atoms with Gasteiger partial charge in [-0.25, -0.2) is 0 Å². The highest BCUT2D eigenvalue weighted by Gasteiger charge is 2.11. The number of hydrogen-bond donors (Lipinski definition) is 2. The molecule has 2 rings (SSSR count). The number of nitrogens with one attached hydrogen (secondary N) is 1. The molecule has 0 aliphatic carbocycles. The van der Waals surface area contributed by atoms with Crippen molar-refractivity contribution in [2.75, 3.05) is 7.11 Å². The summed E-state index contributed by atoms with van der Waals surface area (Å²) >= 11 is 0. The topological polar surface area (TPSA) is 67.3 Å². The summed E-state index contributed by atoms with van der Waals surface area (Å²) in [5.41, 5.74) is 2.56. The van der Waals surface area contributed by atoms with E-state index < -0.39 is 0 Å². The summed E-state index contributed by atoms with van der Waals surface area (Å²) < 4.78 is 5.17. The van der Waals surface area contributed by atoms with Gasteiger partial charge in [-0.2, -0.15) is 0 Å². The molecule has 0 radical (unpaired) electrons. The lowest BCUT2D eigenvalue weighted by Crippen LogP contribution is -2.19. The number of aromatic hydroxyl groups is 1. The molecule has 0 saturated heterocycles. The third-order valence-electron chi connectivity index (χ3n) is 3.12. The number of phenolic OH excluding ortho intramolecular Hbond substituents is 1. The van der Waals surface area contributed by atoms with Crippen LogP contribution in [0.2, 0.25) is 0 Å². The van der Waals surface area contributed by atoms with E-state index in [0.717, 1.165) is 22.7 Å². The van der Waals surface area contributed by atoms with Gasteiger partial charge in [-0.05, 0) is 32.0 Å².